The molecule has 0 aliphatic carbocycles. The van der Waals surface area contributed by atoms with Crippen LogP contribution in [0.3, 0.4) is 0 Å². The van der Waals surface area contributed by atoms with E-state index in [1.54, 1.807) is 18.2 Å². The van der Waals surface area contributed by atoms with Gasteiger partial charge in [0.1, 0.15) is 5.58 Å². The second-order valence-electron chi connectivity index (χ2n) is 6.80. The molecule has 3 N–H and O–H groups in total. The average molecular weight is 425 g/mol. The third-order valence-electron chi connectivity index (χ3n) is 4.56. The number of nitrogens with one attached hydrogen (secondary N) is 1. The van der Waals surface area contributed by atoms with Crippen molar-refractivity contribution in [1.82, 2.24) is 10.5 Å². The van der Waals surface area contributed by atoms with Crippen molar-refractivity contribution in [2.75, 3.05) is 6.54 Å². The van der Waals surface area contributed by atoms with Gasteiger partial charge in [-0.3, -0.25) is 4.79 Å². The van der Waals surface area contributed by atoms with Crippen LogP contribution in [0.5, 0.6) is 0 Å². The lowest BCUT2D eigenvalue weighted by atomic mass is 10.1. The second kappa shape index (κ2) is 8.13. The van der Waals surface area contributed by atoms with E-state index in [1.165, 1.54) is 12.1 Å². The number of primary sulfonamides is 1. The maximum Gasteiger partial charge on any atom is 0.238 e. The molecular formula is C21H19N3O5S. The Balaban J connectivity index is 1.30. The van der Waals surface area contributed by atoms with E-state index < -0.39 is 10.0 Å². The summed E-state index contributed by atoms with van der Waals surface area (Å²) in [7, 11) is -3.71. The van der Waals surface area contributed by atoms with Crippen LogP contribution in [-0.2, 0) is 27.7 Å². The molecule has 0 radical (unpaired) electrons. The van der Waals surface area contributed by atoms with Gasteiger partial charge in [0.15, 0.2) is 5.76 Å². The molecule has 0 aliphatic heterocycles. The van der Waals surface area contributed by atoms with Gasteiger partial charge in [-0.05, 0) is 36.2 Å². The van der Waals surface area contributed by atoms with E-state index in [0.29, 0.717) is 30.2 Å². The number of fused-ring (bicyclic) bond motifs is 1. The molecular weight excluding hydrogens is 406 g/mol. The lowest BCUT2D eigenvalue weighted by molar-refractivity contribution is -0.120. The smallest absolute Gasteiger partial charge is 0.238 e. The molecule has 1 amide bonds. The molecule has 154 valence electrons. The van der Waals surface area contributed by atoms with Crippen LogP contribution in [0.15, 0.2) is 74.5 Å². The summed E-state index contributed by atoms with van der Waals surface area (Å²) in [6.45, 7) is 0.405. The molecule has 2 aromatic heterocycles. The van der Waals surface area contributed by atoms with Gasteiger partial charge in [-0.15, -0.1) is 0 Å². The van der Waals surface area contributed by atoms with Gasteiger partial charge in [0.05, 0.1) is 17.0 Å². The van der Waals surface area contributed by atoms with Gasteiger partial charge in [-0.1, -0.05) is 35.5 Å². The fourth-order valence-electron chi connectivity index (χ4n) is 3.03. The minimum atomic E-state index is -3.71. The number of carbonyl (C=O) groups excluding carboxylic acids is 1. The summed E-state index contributed by atoms with van der Waals surface area (Å²) in [6.07, 6.45) is 0.633. The molecule has 0 unspecified atom stereocenters. The zero-order valence-corrected chi connectivity index (χ0v) is 16.7. The van der Waals surface area contributed by atoms with Crippen LogP contribution in [0.25, 0.3) is 22.5 Å². The van der Waals surface area contributed by atoms with Gasteiger partial charge >= 0.3 is 0 Å². The normalized spacial score (nSPS) is 11.6. The summed E-state index contributed by atoms with van der Waals surface area (Å²) >= 11 is 0. The number of rotatable bonds is 7. The molecule has 9 heteroatoms. The highest BCUT2D eigenvalue weighted by molar-refractivity contribution is 7.89. The first-order valence-electron chi connectivity index (χ1n) is 9.21. The molecule has 0 bridgehead atoms. The van der Waals surface area contributed by atoms with Gasteiger partial charge in [0.25, 0.3) is 0 Å². The summed E-state index contributed by atoms with van der Waals surface area (Å²) < 4.78 is 33.6. The van der Waals surface area contributed by atoms with E-state index in [9.17, 15) is 13.2 Å². The molecule has 2 aromatic carbocycles. The van der Waals surface area contributed by atoms with Crippen LogP contribution in [0.2, 0.25) is 0 Å². The summed E-state index contributed by atoms with van der Waals surface area (Å²) in [5.74, 6) is 0.822. The molecule has 0 aliphatic rings. The second-order valence-corrected chi connectivity index (χ2v) is 8.36. The van der Waals surface area contributed by atoms with Crippen molar-refractivity contribution in [2.45, 2.75) is 17.7 Å². The molecule has 0 atom stereocenters. The molecule has 8 nitrogen and oxygen atoms in total. The number of aromatic nitrogens is 1. The highest BCUT2D eigenvalue weighted by Crippen LogP contribution is 2.28. The van der Waals surface area contributed by atoms with Gasteiger partial charge in [-0.2, -0.15) is 0 Å². The summed E-state index contributed by atoms with van der Waals surface area (Å²) in [5, 5.41) is 12.8. The lowest BCUT2D eigenvalue weighted by Crippen LogP contribution is -2.27. The number of nitrogens with zero attached hydrogens (tertiary/aromatic N) is 1. The van der Waals surface area contributed by atoms with Crippen LogP contribution >= 0.6 is 0 Å². The highest BCUT2D eigenvalue weighted by atomic mass is 32.2. The predicted octanol–water partition coefficient (Wildman–Crippen LogP) is 2.64. The standard InChI is InChI=1S/C21H19N3O5S/c22-30(26,27)17-7-5-14(6-8-17)9-10-23-21(25)13-16-12-20(29-24-16)19-11-15-3-1-2-4-18(15)28-19/h1-8,11-12H,9-10,13H2,(H,23,25)(H2,22,26,27). The number of benzene rings is 2. The molecule has 2 heterocycles. The number of carbonyl (C=O) groups is 1. The van der Waals surface area contributed by atoms with E-state index in [4.69, 9.17) is 14.1 Å². The molecule has 0 saturated heterocycles. The molecule has 4 aromatic rings. The number of nitrogens with two attached hydrogens (primary N) is 1. The number of furan rings is 1. The Morgan fingerprint density at radius 3 is 2.53 bits per heavy atom. The largest absolute Gasteiger partial charge is 0.453 e. The van der Waals surface area contributed by atoms with Crippen molar-refractivity contribution >= 4 is 26.9 Å². The predicted molar refractivity (Wildman–Crippen MR) is 110 cm³/mol. The molecule has 0 saturated carbocycles. The van der Waals surface area contributed by atoms with Crippen LogP contribution in [0.1, 0.15) is 11.3 Å². The maximum absolute atomic E-state index is 12.2. The van der Waals surface area contributed by atoms with Crippen LogP contribution in [-0.4, -0.2) is 26.0 Å². The topological polar surface area (TPSA) is 128 Å². The minimum absolute atomic E-state index is 0.0570. The first-order valence-corrected chi connectivity index (χ1v) is 10.8. The third-order valence-corrected chi connectivity index (χ3v) is 5.49. The van der Waals surface area contributed by atoms with Gasteiger partial charge in [-0.25, -0.2) is 13.6 Å². The summed E-state index contributed by atoms with van der Waals surface area (Å²) in [4.78, 5) is 12.2. The van der Waals surface area contributed by atoms with Crippen LogP contribution < -0.4 is 10.5 Å². The van der Waals surface area contributed by atoms with Crippen molar-refractivity contribution in [2.24, 2.45) is 5.14 Å². The summed E-state index contributed by atoms with van der Waals surface area (Å²) in [6, 6.07) is 17.4. The van der Waals surface area contributed by atoms with Crippen molar-refractivity contribution in [3.05, 3.63) is 71.9 Å². The Hall–Kier alpha value is -3.43. The average Bonchev–Trinajstić information content (AvgIpc) is 3.34. The number of para-hydroxylation sites is 1. The van der Waals surface area contributed by atoms with E-state index in [1.807, 2.05) is 30.3 Å². The quantitative estimate of drug-likeness (QED) is 0.468. The van der Waals surface area contributed by atoms with Crippen molar-refractivity contribution in [3.8, 4) is 11.5 Å². The zero-order valence-electron chi connectivity index (χ0n) is 15.9. The first-order chi connectivity index (χ1) is 14.4. The molecule has 4 rings (SSSR count). The molecule has 30 heavy (non-hydrogen) atoms. The lowest BCUT2D eigenvalue weighted by Gasteiger charge is -2.05. The number of sulfonamides is 1. The third kappa shape index (κ3) is 4.58. The van der Waals surface area contributed by atoms with Gasteiger partial charge < -0.3 is 14.3 Å². The Morgan fingerprint density at radius 1 is 1.03 bits per heavy atom. The number of hydrogen-bond acceptors (Lipinski definition) is 6. The van der Waals surface area contributed by atoms with E-state index in [-0.39, 0.29) is 17.2 Å². The van der Waals surface area contributed by atoms with Gasteiger partial charge in [0.2, 0.25) is 21.7 Å². The molecule has 0 spiro atoms. The van der Waals surface area contributed by atoms with Crippen molar-refractivity contribution in [1.29, 1.82) is 0 Å². The Labute approximate surface area is 172 Å². The van der Waals surface area contributed by atoms with Crippen molar-refractivity contribution in [3.63, 3.8) is 0 Å². The Kier molecular flexibility index (Phi) is 5.39. The monoisotopic (exact) mass is 425 g/mol. The van der Waals surface area contributed by atoms with E-state index in [2.05, 4.69) is 10.5 Å². The fraction of sp³-hybridized carbons (Fsp3) is 0.143. The number of amides is 1. The molecule has 0 fully saturated rings. The van der Waals surface area contributed by atoms with Crippen molar-refractivity contribution < 1.29 is 22.2 Å². The minimum Gasteiger partial charge on any atom is -0.453 e. The van der Waals surface area contributed by atoms with E-state index >= 15 is 0 Å². The SMILES string of the molecule is NS(=O)(=O)c1ccc(CCNC(=O)Cc2cc(-c3cc4ccccc4o3)on2)cc1. The van der Waals surface area contributed by atoms with E-state index in [0.717, 1.165) is 16.5 Å². The van der Waals surface area contributed by atoms with Crippen LogP contribution in [0.4, 0.5) is 0 Å². The fourth-order valence-corrected chi connectivity index (χ4v) is 3.55. The number of hydrogen-bond donors (Lipinski definition) is 2. The van der Waals surface area contributed by atoms with Crippen LogP contribution in [0, 0.1) is 0 Å². The summed E-state index contributed by atoms with van der Waals surface area (Å²) in [5.41, 5.74) is 2.14. The highest BCUT2D eigenvalue weighted by Gasteiger charge is 2.14. The first kappa shape index (κ1) is 19.9. The maximum atomic E-state index is 12.2. The zero-order chi connectivity index (χ0) is 21.1. The Bertz CT molecular complexity index is 1260. The van der Waals surface area contributed by atoms with Gasteiger partial charge in [0, 0.05) is 18.0 Å². The Morgan fingerprint density at radius 2 is 1.80 bits per heavy atom.